The van der Waals surface area contributed by atoms with Crippen LogP contribution < -0.4 is 10.6 Å². The van der Waals surface area contributed by atoms with Crippen molar-refractivity contribution >= 4 is 23.0 Å². The number of rotatable bonds is 2. The van der Waals surface area contributed by atoms with Crippen molar-refractivity contribution in [2.45, 2.75) is 19.4 Å². The first-order valence-corrected chi connectivity index (χ1v) is 5.25. The number of hydrogen-bond donors (Lipinski definition) is 1. The van der Waals surface area contributed by atoms with Gasteiger partial charge in [0.2, 0.25) is 0 Å². The van der Waals surface area contributed by atoms with Crippen LogP contribution in [0.25, 0.3) is 0 Å². The molecule has 0 amide bonds. The molecular formula is C12H15N3O. The Hall–Kier alpha value is -1.84. The lowest BCUT2D eigenvalue weighted by molar-refractivity contribution is -0.117. The van der Waals surface area contributed by atoms with E-state index in [1.54, 1.807) is 6.92 Å². The normalized spacial score (nSPS) is 19.0. The molecule has 16 heavy (non-hydrogen) atoms. The summed E-state index contributed by atoms with van der Waals surface area (Å²) < 4.78 is 0. The van der Waals surface area contributed by atoms with Gasteiger partial charge >= 0.3 is 0 Å². The van der Waals surface area contributed by atoms with Gasteiger partial charge in [-0.2, -0.15) is 0 Å². The maximum atomic E-state index is 11.2. The maximum absolute atomic E-state index is 11.2. The second-order valence-corrected chi connectivity index (χ2v) is 4.06. The maximum Gasteiger partial charge on any atom is 0.132 e. The second kappa shape index (κ2) is 3.96. The first-order valence-electron chi connectivity index (χ1n) is 5.25. The molecule has 0 bridgehead atoms. The molecule has 0 aliphatic carbocycles. The number of fused-ring (bicyclic) bond motifs is 1. The summed E-state index contributed by atoms with van der Waals surface area (Å²) >= 11 is 0. The van der Waals surface area contributed by atoms with Gasteiger partial charge < -0.3 is 10.6 Å². The van der Waals surface area contributed by atoms with Crippen molar-refractivity contribution in [3.8, 4) is 0 Å². The van der Waals surface area contributed by atoms with Crippen LogP contribution in [0, 0.1) is 0 Å². The van der Waals surface area contributed by atoms with Gasteiger partial charge in [-0.3, -0.25) is 4.79 Å². The first kappa shape index (κ1) is 10.7. The topological polar surface area (TPSA) is 58.7 Å². The molecule has 0 saturated carbocycles. The molecule has 1 heterocycles. The molecule has 1 aliphatic heterocycles. The van der Waals surface area contributed by atoms with E-state index >= 15 is 0 Å². The largest absolute Gasteiger partial charge is 0.385 e. The Bertz CT molecular complexity index is 453. The fourth-order valence-corrected chi connectivity index (χ4v) is 1.95. The third-order valence-electron chi connectivity index (χ3n) is 2.80. The van der Waals surface area contributed by atoms with E-state index in [-0.39, 0.29) is 11.8 Å². The number of hydrogen-bond acceptors (Lipinski definition) is 4. The lowest BCUT2D eigenvalue weighted by Gasteiger charge is -2.33. The molecule has 1 atom stereocenters. The smallest absolute Gasteiger partial charge is 0.132 e. The molecule has 1 aliphatic rings. The summed E-state index contributed by atoms with van der Waals surface area (Å²) in [7, 11) is 1.94. The van der Waals surface area contributed by atoms with Gasteiger partial charge in [-0.05, 0) is 19.1 Å². The lowest BCUT2D eigenvalue weighted by Crippen LogP contribution is -2.45. The van der Waals surface area contributed by atoms with Crippen molar-refractivity contribution in [2.75, 3.05) is 11.9 Å². The highest BCUT2D eigenvalue weighted by Gasteiger charge is 2.26. The summed E-state index contributed by atoms with van der Waals surface area (Å²) in [5.74, 6) is 0.630. The van der Waals surface area contributed by atoms with Crippen LogP contribution in [0.15, 0.2) is 29.3 Å². The summed E-state index contributed by atoms with van der Waals surface area (Å²) in [5, 5.41) is 0. The van der Waals surface area contributed by atoms with Gasteiger partial charge in [-0.15, -0.1) is 0 Å². The highest BCUT2D eigenvalue weighted by atomic mass is 16.1. The molecule has 0 saturated heterocycles. The number of aliphatic imine (C=N–C) groups is 1. The molecule has 1 unspecified atom stereocenters. The molecule has 0 radical (unpaired) electrons. The number of Topliss-reactive ketones (excluding diaryl/α,β-unsaturated/α-hetero) is 1. The molecular weight excluding hydrogens is 202 g/mol. The fraction of sp³-hybridized carbons (Fsp3) is 0.333. The van der Waals surface area contributed by atoms with E-state index in [1.807, 2.05) is 36.2 Å². The van der Waals surface area contributed by atoms with E-state index in [1.165, 1.54) is 0 Å². The highest BCUT2D eigenvalue weighted by molar-refractivity contribution is 5.98. The Morgan fingerprint density at radius 2 is 2.19 bits per heavy atom. The van der Waals surface area contributed by atoms with Crippen molar-refractivity contribution in [2.24, 2.45) is 10.7 Å². The minimum absolute atomic E-state index is 0.118. The molecule has 0 spiro atoms. The molecule has 1 aromatic carbocycles. The third kappa shape index (κ3) is 1.78. The van der Waals surface area contributed by atoms with Crippen LogP contribution in [0.3, 0.4) is 0 Å². The van der Waals surface area contributed by atoms with E-state index in [0.717, 1.165) is 11.4 Å². The van der Waals surface area contributed by atoms with Crippen LogP contribution in [0.4, 0.5) is 11.4 Å². The third-order valence-corrected chi connectivity index (χ3v) is 2.80. The predicted molar refractivity (Wildman–Crippen MR) is 65.2 cm³/mol. The zero-order valence-corrected chi connectivity index (χ0v) is 9.47. The fourth-order valence-electron chi connectivity index (χ4n) is 1.95. The van der Waals surface area contributed by atoms with Crippen molar-refractivity contribution in [1.82, 2.24) is 0 Å². The standard InChI is InChI=1S/C12H15N3O/c1-8(16)7-11-12(13)14-9-5-3-4-6-10(9)15(11)2/h3-6,11H,7H2,1-2H3,(H2,13,14). The number of nitrogens with two attached hydrogens (primary N) is 1. The Morgan fingerprint density at radius 3 is 2.88 bits per heavy atom. The number of nitrogens with zero attached hydrogens (tertiary/aromatic N) is 2. The van der Waals surface area contributed by atoms with Gasteiger partial charge in [0.15, 0.2) is 0 Å². The monoisotopic (exact) mass is 217 g/mol. The summed E-state index contributed by atoms with van der Waals surface area (Å²) in [6.07, 6.45) is 0.403. The van der Waals surface area contributed by atoms with Gasteiger partial charge in [0.1, 0.15) is 11.6 Å². The molecule has 4 heteroatoms. The molecule has 0 aromatic heterocycles. The van der Waals surface area contributed by atoms with Crippen LogP contribution in [0.5, 0.6) is 0 Å². The minimum atomic E-state index is -0.118. The van der Waals surface area contributed by atoms with Crippen molar-refractivity contribution in [1.29, 1.82) is 0 Å². The second-order valence-electron chi connectivity index (χ2n) is 4.06. The van der Waals surface area contributed by atoms with E-state index in [4.69, 9.17) is 5.73 Å². The Balaban J connectivity index is 2.39. The number of amidine groups is 1. The summed E-state index contributed by atoms with van der Waals surface area (Å²) in [6.45, 7) is 1.57. The summed E-state index contributed by atoms with van der Waals surface area (Å²) in [5.41, 5.74) is 7.77. The van der Waals surface area contributed by atoms with Crippen LogP contribution >= 0.6 is 0 Å². The first-order chi connectivity index (χ1) is 7.59. The molecule has 84 valence electrons. The van der Waals surface area contributed by atoms with Crippen molar-refractivity contribution in [3.63, 3.8) is 0 Å². The Morgan fingerprint density at radius 1 is 1.50 bits per heavy atom. The van der Waals surface area contributed by atoms with Crippen molar-refractivity contribution < 1.29 is 4.79 Å². The number of likely N-dealkylation sites (N-methyl/N-ethyl adjacent to an activating group) is 1. The number of carbonyl (C=O) groups is 1. The highest BCUT2D eigenvalue weighted by Crippen LogP contribution is 2.33. The van der Waals surface area contributed by atoms with Gasteiger partial charge in [0.05, 0.1) is 17.4 Å². The van der Waals surface area contributed by atoms with E-state index in [0.29, 0.717) is 12.3 Å². The lowest BCUT2D eigenvalue weighted by atomic mass is 10.1. The number of anilines is 1. The van der Waals surface area contributed by atoms with Crippen molar-refractivity contribution in [3.05, 3.63) is 24.3 Å². The van der Waals surface area contributed by atoms with Crippen LogP contribution in [-0.2, 0) is 4.79 Å². The predicted octanol–water partition coefficient (Wildman–Crippen LogP) is 1.47. The number of carbonyl (C=O) groups excluding carboxylic acids is 1. The number of para-hydroxylation sites is 2. The molecule has 2 rings (SSSR count). The number of ketones is 1. The SMILES string of the molecule is CC(=O)CC1C(N)=Nc2ccccc2N1C. The van der Waals surface area contributed by atoms with Crippen LogP contribution in [0.2, 0.25) is 0 Å². The van der Waals surface area contributed by atoms with Crippen LogP contribution in [-0.4, -0.2) is 24.7 Å². The molecule has 0 fully saturated rings. The Kier molecular flexibility index (Phi) is 2.64. The summed E-state index contributed by atoms with van der Waals surface area (Å²) in [6, 6.07) is 7.67. The number of benzene rings is 1. The average molecular weight is 217 g/mol. The van der Waals surface area contributed by atoms with Crippen LogP contribution in [0.1, 0.15) is 13.3 Å². The molecule has 2 N–H and O–H groups in total. The van der Waals surface area contributed by atoms with Gasteiger partial charge in [-0.25, -0.2) is 4.99 Å². The molecule has 1 aromatic rings. The zero-order valence-electron chi connectivity index (χ0n) is 9.47. The van der Waals surface area contributed by atoms with E-state index in [9.17, 15) is 4.79 Å². The average Bonchev–Trinajstić information content (AvgIpc) is 2.24. The Labute approximate surface area is 94.8 Å². The van der Waals surface area contributed by atoms with Gasteiger partial charge in [0.25, 0.3) is 0 Å². The quantitative estimate of drug-likeness (QED) is 0.816. The zero-order chi connectivity index (χ0) is 11.7. The minimum Gasteiger partial charge on any atom is -0.385 e. The summed E-state index contributed by atoms with van der Waals surface area (Å²) in [4.78, 5) is 17.5. The van der Waals surface area contributed by atoms with Gasteiger partial charge in [-0.1, -0.05) is 12.1 Å². The van der Waals surface area contributed by atoms with Gasteiger partial charge in [0, 0.05) is 13.5 Å². The van der Waals surface area contributed by atoms with E-state index < -0.39 is 0 Å². The van der Waals surface area contributed by atoms with E-state index in [2.05, 4.69) is 4.99 Å². The molecule has 4 nitrogen and oxygen atoms in total.